The fourth-order valence-electron chi connectivity index (χ4n) is 7.80. The number of nitrogens with two attached hydrogens (primary N) is 1. The maximum Gasteiger partial charge on any atom is 0.230 e. The molecule has 2 aromatic carbocycles. The predicted octanol–water partition coefficient (Wildman–Crippen LogP) is 3.17. The number of methoxy groups -OCH3 is 1. The van der Waals surface area contributed by atoms with Crippen molar-refractivity contribution >= 4 is 23.2 Å². The average molecular weight is 621 g/mol. The molecule has 2 saturated carbocycles. The normalized spacial score (nSPS) is 28.1. The zero-order valence-corrected chi connectivity index (χ0v) is 26.8. The lowest BCUT2D eigenvalue weighted by Crippen LogP contribution is -2.73. The molecule has 0 heterocycles. The van der Waals surface area contributed by atoms with Gasteiger partial charge in [-0.2, -0.15) is 0 Å². The topological polar surface area (TPSA) is 171 Å². The van der Waals surface area contributed by atoms with Crippen LogP contribution in [0.1, 0.15) is 56.7 Å². The van der Waals surface area contributed by atoms with Gasteiger partial charge in [0.1, 0.15) is 23.2 Å². The van der Waals surface area contributed by atoms with Crippen molar-refractivity contribution in [2.45, 2.75) is 70.6 Å². The fourth-order valence-corrected chi connectivity index (χ4v) is 7.80. The van der Waals surface area contributed by atoms with Crippen LogP contribution in [-0.2, 0) is 27.2 Å². The maximum absolute atomic E-state index is 14.1. The molecule has 0 aliphatic heterocycles. The lowest BCUT2D eigenvalue weighted by molar-refractivity contribution is -0.184. The third kappa shape index (κ3) is 5.32. The van der Waals surface area contributed by atoms with E-state index < -0.39 is 58.7 Å². The first kappa shape index (κ1) is 32.7. The third-order valence-electron chi connectivity index (χ3n) is 9.92. The number of phenols is 1. The van der Waals surface area contributed by atoms with Crippen LogP contribution in [0.5, 0.6) is 11.5 Å². The number of benzene rings is 2. The van der Waals surface area contributed by atoms with Crippen LogP contribution in [0.15, 0.2) is 35.9 Å². The number of hydrogen-bond donors (Lipinski definition) is 5. The highest BCUT2D eigenvalue weighted by Crippen LogP contribution is 2.53. The SMILES string of the molecule is COc1ccc(CCCC(C)(C)C)cc1-c1ccc(O)c2c1C[C@@H]1C[C@@H]3C(N(C)C)C(O)C(C(N)=O)C(=O)[C@]3(O)C(=O)C1=C2O. The molecule has 0 bridgehead atoms. The molecule has 3 aliphatic carbocycles. The van der Waals surface area contributed by atoms with E-state index in [0.717, 1.165) is 30.4 Å². The van der Waals surface area contributed by atoms with Gasteiger partial charge in [-0.05, 0) is 92.4 Å². The summed E-state index contributed by atoms with van der Waals surface area (Å²) in [5.74, 6) is -7.06. The van der Waals surface area contributed by atoms with Crippen LogP contribution in [0.2, 0.25) is 0 Å². The molecule has 2 aromatic rings. The number of ether oxygens (including phenoxy) is 1. The molecule has 0 aromatic heterocycles. The van der Waals surface area contributed by atoms with Gasteiger partial charge < -0.3 is 35.8 Å². The van der Waals surface area contributed by atoms with E-state index in [9.17, 15) is 34.8 Å². The first-order valence-corrected chi connectivity index (χ1v) is 15.4. The van der Waals surface area contributed by atoms with E-state index in [4.69, 9.17) is 10.5 Å². The van der Waals surface area contributed by atoms with Crippen LogP contribution in [0.25, 0.3) is 16.9 Å². The van der Waals surface area contributed by atoms with Crippen LogP contribution < -0.4 is 10.5 Å². The number of phenolic OH excluding ortho intramolecular Hbond substituents is 1. The quantitative estimate of drug-likeness (QED) is 0.292. The summed E-state index contributed by atoms with van der Waals surface area (Å²) in [6.45, 7) is 6.63. The largest absolute Gasteiger partial charge is 0.507 e. The van der Waals surface area contributed by atoms with Crippen molar-refractivity contribution in [1.29, 1.82) is 0 Å². The summed E-state index contributed by atoms with van der Waals surface area (Å²) in [7, 11) is 4.83. The van der Waals surface area contributed by atoms with Gasteiger partial charge in [0.2, 0.25) is 11.7 Å². The second kappa shape index (κ2) is 11.6. The van der Waals surface area contributed by atoms with Gasteiger partial charge in [-0.15, -0.1) is 0 Å². The fraction of sp³-hybridized carbons (Fsp3) is 0.514. The Hall–Kier alpha value is -3.73. The van der Waals surface area contributed by atoms with E-state index in [1.807, 2.05) is 12.1 Å². The Bertz CT molecular complexity index is 1590. The van der Waals surface area contributed by atoms with E-state index in [-0.39, 0.29) is 35.1 Å². The lowest BCUT2D eigenvalue weighted by atomic mass is 9.54. The number of likely N-dealkylation sites (N-methyl/N-ethyl adjacent to an activating group) is 1. The summed E-state index contributed by atoms with van der Waals surface area (Å²) >= 11 is 0. The minimum absolute atomic E-state index is 0.0493. The number of nitrogens with zero attached hydrogens (tertiary/aromatic N) is 1. The van der Waals surface area contributed by atoms with Crippen molar-refractivity contribution in [3.05, 3.63) is 52.6 Å². The highest BCUT2D eigenvalue weighted by molar-refractivity contribution is 6.25. The summed E-state index contributed by atoms with van der Waals surface area (Å²) < 4.78 is 5.73. The van der Waals surface area contributed by atoms with Gasteiger partial charge >= 0.3 is 0 Å². The number of Topliss-reactive ketones (excluding diaryl/α,β-unsaturated/α-hetero) is 2. The van der Waals surface area contributed by atoms with Gasteiger partial charge in [0.15, 0.2) is 11.4 Å². The number of aryl methyl sites for hydroxylation is 1. The molecule has 6 N–H and O–H groups in total. The van der Waals surface area contributed by atoms with Crippen LogP contribution in [0.4, 0.5) is 0 Å². The van der Waals surface area contributed by atoms with Crippen LogP contribution in [0.3, 0.4) is 0 Å². The summed E-state index contributed by atoms with van der Waals surface area (Å²) in [6.07, 6.45) is 1.63. The Morgan fingerprint density at radius 1 is 1.11 bits per heavy atom. The van der Waals surface area contributed by atoms with Gasteiger partial charge in [-0.3, -0.25) is 14.4 Å². The average Bonchev–Trinajstić information content (AvgIpc) is 2.94. The number of aliphatic hydroxyl groups excluding tert-OH is 2. The van der Waals surface area contributed by atoms with E-state index in [2.05, 4.69) is 26.8 Å². The predicted molar refractivity (Wildman–Crippen MR) is 168 cm³/mol. The van der Waals surface area contributed by atoms with Crippen molar-refractivity contribution in [2.75, 3.05) is 21.2 Å². The van der Waals surface area contributed by atoms with Crippen molar-refractivity contribution in [3.8, 4) is 22.6 Å². The van der Waals surface area contributed by atoms with E-state index in [0.29, 0.717) is 16.9 Å². The Labute approximate surface area is 263 Å². The molecule has 3 unspecified atom stereocenters. The maximum atomic E-state index is 14.1. The van der Waals surface area contributed by atoms with Gasteiger partial charge in [0, 0.05) is 23.1 Å². The number of ketones is 2. The Morgan fingerprint density at radius 2 is 1.80 bits per heavy atom. The minimum atomic E-state index is -2.69. The zero-order valence-electron chi connectivity index (χ0n) is 26.8. The first-order chi connectivity index (χ1) is 21.0. The highest BCUT2D eigenvalue weighted by atomic mass is 16.5. The molecule has 10 nitrogen and oxygen atoms in total. The molecule has 10 heteroatoms. The second-order valence-corrected chi connectivity index (χ2v) is 14.2. The smallest absolute Gasteiger partial charge is 0.230 e. The Balaban J connectivity index is 1.64. The molecule has 1 amide bonds. The number of aromatic hydroxyl groups is 1. The van der Waals surface area contributed by atoms with Crippen LogP contribution in [-0.4, -0.2) is 81.8 Å². The molecule has 242 valence electrons. The molecule has 5 rings (SSSR count). The second-order valence-electron chi connectivity index (χ2n) is 14.2. The number of hydrogen-bond acceptors (Lipinski definition) is 9. The molecule has 2 fully saturated rings. The van der Waals surface area contributed by atoms with E-state index in [1.165, 1.54) is 6.07 Å². The Kier molecular flexibility index (Phi) is 8.39. The molecule has 3 aliphatic rings. The van der Waals surface area contributed by atoms with Crippen molar-refractivity contribution < 1.29 is 39.5 Å². The summed E-state index contributed by atoms with van der Waals surface area (Å²) in [5, 5.41) is 45.6. The van der Waals surface area contributed by atoms with Gasteiger partial charge in [-0.25, -0.2) is 0 Å². The molecule has 0 radical (unpaired) electrons. The number of primary amides is 1. The Morgan fingerprint density at radius 3 is 2.40 bits per heavy atom. The highest BCUT2D eigenvalue weighted by Gasteiger charge is 2.67. The number of amides is 1. The summed E-state index contributed by atoms with van der Waals surface area (Å²) in [5.41, 5.74) is 6.06. The monoisotopic (exact) mass is 620 g/mol. The zero-order chi connectivity index (χ0) is 33.2. The van der Waals surface area contributed by atoms with E-state index >= 15 is 0 Å². The number of rotatable bonds is 7. The van der Waals surface area contributed by atoms with Gasteiger partial charge in [0.05, 0.1) is 18.8 Å². The number of carbonyl (C=O) groups excluding carboxylic acids is 3. The van der Waals surface area contributed by atoms with Crippen molar-refractivity contribution in [3.63, 3.8) is 0 Å². The number of carbonyl (C=O) groups is 3. The molecule has 0 saturated heterocycles. The first-order valence-electron chi connectivity index (χ1n) is 15.4. The van der Waals surface area contributed by atoms with Crippen molar-refractivity contribution in [1.82, 2.24) is 4.90 Å². The van der Waals surface area contributed by atoms with Gasteiger partial charge in [0.25, 0.3) is 0 Å². The standard InChI is InChI=1S/C35H44N2O8/c1-34(2,3)13-7-8-17-9-12-24(45-6)20(14-17)19-10-11-23(38)26-21(19)15-18-16-22-28(37(4)5)30(40)27(33(36)43)32(42)35(22,44)31(41)25(18)29(26)39/h9-12,14,18,22,27-28,30,38-40,44H,7-8,13,15-16H2,1-6H3,(H2,36,43)/t18-,22-,27?,28?,30?,35-/m1/s1. The summed E-state index contributed by atoms with van der Waals surface area (Å²) in [4.78, 5) is 41.5. The van der Waals surface area contributed by atoms with E-state index in [1.54, 1.807) is 32.2 Å². The lowest BCUT2D eigenvalue weighted by Gasteiger charge is -2.53. The van der Waals surface area contributed by atoms with Crippen molar-refractivity contribution in [2.24, 2.45) is 28.9 Å². The third-order valence-corrected chi connectivity index (χ3v) is 9.92. The van der Waals surface area contributed by atoms with Crippen LogP contribution >= 0.6 is 0 Å². The molecule has 45 heavy (non-hydrogen) atoms. The van der Waals surface area contributed by atoms with Gasteiger partial charge in [-0.1, -0.05) is 32.9 Å². The number of aliphatic hydroxyl groups is 3. The summed E-state index contributed by atoms with van der Waals surface area (Å²) in [6, 6.07) is 8.24. The minimum Gasteiger partial charge on any atom is -0.507 e. The molecular weight excluding hydrogens is 576 g/mol. The molecule has 6 atom stereocenters. The number of fused-ring (bicyclic) bond motifs is 3. The molecular formula is C35H44N2O8. The van der Waals surface area contributed by atoms with Crippen LogP contribution in [0, 0.1) is 23.2 Å². The molecule has 0 spiro atoms.